The molecule has 1 aliphatic rings. The number of aliphatic hydroxyl groups is 1. The van der Waals surface area contributed by atoms with Gasteiger partial charge in [-0.05, 0) is 54.4 Å². The van der Waals surface area contributed by atoms with Crippen LogP contribution in [0.4, 0.5) is 9.59 Å². The Balaban J connectivity index is 2.84. The van der Waals surface area contributed by atoms with Crippen molar-refractivity contribution in [2.75, 3.05) is 0 Å². The Hall–Kier alpha value is -2.09. The maximum atomic E-state index is 12.0. The number of nitrogens with one attached hydrogen (secondary N) is 2. The Morgan fingerprint density at radius 1 is 0.960 bits per heavy atom. The molecule has 25 heavy (non-hydrogen) atoms. The lowest BCUT2D eigenvalue weighted by Crippen LogP contribution is -2.47. The summed E-state index contributed by atoms with van der Waals surface area (Å²) in [4.78, 5) is 28.2. The number of aliphatic imine (C=N–C) groups is 1. The van der Waals surface area contributed by atoms with Crippen LogP contribution < -0.4 is 10.6 Å². The molecule has 0 radical (unpaired) electrons. The number of guanidine groups is 1. The van der Waals surface area contributed by atoms with Crippen LogP contribution in [0, 0.1) is 0 Å². The monoisotopic (exact) mass is 355 g/mol. The molecule has 0 saturated heterocycles. The molecule has 142 valence electrons. The second-order valence-electron chi connectivity index (χ2n) is 7.83. The summed E-state index contributed by atoms with van der Waals surface area (Å²) in [5.74, 6) is -0.0606. The third-order valence-electron chi connectivity index (χ3n) is 2.85. The molecular formula is C17H29N3O5. The van der Waals surface area contributed by atoms with Crippen LogP contribution in [0.1, 0.15) is 54.4 Å². The molecule has 0 aliphatic heterocycles. The van der Waals surface area contributed by atoms with Crippen molar-refractivity contribution in [1.29, 1.82) is 0 Å². The van der Waals surface area contributed by atoms with E-state index in [0.717, 1.165) is 0 Å². The summed E-state index contributed by atoms with van der Waals surface area (Å²) in [5.41, 5.74) is -1.37. The minimum Gasteiger partial charge on any atom is -0.444 e. The Bertz CT molecular complexity index is 511. The van der Waals surface area contributed by atoms with Crippen molar-refractivity contribution in [3.8, 4) is 0 Å². The molecule has 8 heteroatoms. The molecule has 1 aliphatic carbocycles. The number of ether oxygens (including phenoxy) is 2. The van der Waals surface area contributed by atoms with E-state index in [-0.39, 0.29) is 12.0 Å². The fourth-order valence-electron chi connectivity index (χ4n) is 1.96. The molecule has 0 unspecified atom stereocenters. The first-order valence-corrected chi connectivity index (χ1v) is 8.28. The number of alkyl carbamates (subject to hydrolysis) is 2. The SMILES string of the molecule is CC(C)(C)OC(=O)NC(=N[C@@H]1C=C[C@H](O)CC1)NC(=O)OC(C)(C)C. The van der Waals surface area contributed by atoms with E-state index >= 15 is 0 Å². The van der Waals surface area contributed by atoms with Gasteiger partial charge in [-0.1, -0.05) is 12.2 Å². The fourth-order valence-corrected chi connectivity index (χ4v) is 1.96. The molecule has 8 nitrogen and oxygen atoms in total. The van der Waals surface area contributed by atoms with Crippen LogP contribution in [-0.2, 0) is 9.47 Å². The first-order valence-electron chi connectivity index (χ1n) is 8.28. The second-order valence-corrected chi connectivity index (χ2v) is 7.83. The minimum atomic E-state index is -0.734. The van der Waals surface area contributed by atoms with Gasteiger partial charge in [0.2, 0.25) is 5.96 Å². The summed E-state index contributed by atoms with van der Waals surface area (Å²) >= 11 is 0. The van der Waals surface area contributed by atoms with Gasteiger partial charge >= 0.3 is 12.2 Å². The van der Waals surface area contributed by atoms with Gasteiger partial charge in [0.05, 0.1) is 12.1 Å². The maximum Gasteiger partial charge on any atom is 0.414 e. The van der Waals surface area contributed by atoms with E-state index in [2.05, 4.69) is 15.6 Å². The number of aliphatic hydroxyl groups excluding tert-OH is 1. The zero-order chi connectivity index (χ0) is 19.3. The van der Waals surface area contributed by atoms with E-state index in [1.807, 2.05) is 0 Å². The predicted molar refractivity (Wildman–Crippen MR) is 94.3 cm³/mol. The van der Waals surface area contributed by atoms with Crippen molar-refractivity contribution in [3.05, 3.63) is 12.2 Å². The average molecular weight is 355 g/mol. The van der Waals surface area contributed by atoms with Crippen molar-refractivity contribution < 1.29 is 24.2 Å². The fraction of sp³-hybridized carbons (Fsp3) is 0.706. The summed E-state index contributed by atoms with van der Waals surface area (Å²) in [5, 5.41) is 14.4. The highest BCUT2D eigenvalue weighted by molar-refractivity contribution is 6.01. The number of carbonyl (C=O) groups excluding carboxylic acids is 2. The standard InChI is InChI=1S/C17H29N3O5/c1-16(2,3)24-14(22)19-13(20-15(23)25-17(4,5)6)18-11-7-9-12(21)10-8-11/h7,9,11-12,21H,8,10H2,1-6H3,(H2,18,19,20,22,23)/t11-,12+/m1/s1. The number of nitrogens with zero attached hydrogens (tertiary/aromatic N) is 1. The quantitative estimate of drug-likeness (QED) is 0.380. The second kappa shape index (κ2) is 8.33. The molecule has 0 spiro atoms. The largest absolute Gasteiger partial charge is 0.444 e. The maximum absolute atomic E-state index is 12.0. The summed E-state index contributed by atoms with van der Waals surface area (Å²) in [6.07, 6.45) is 2.54. The van der Waals surface area contributed by atoms with Crippen LogP contribution in [0.25, 0.3) is 0 Å². The lowest BCUT2D eigenvalue weighted by molar-refractivity contribution is 0.0544. The Kier molecular flexibility index (Phi) is 6.98. The number of hydrogen-bond donors (Lipinski definition) is 3. The number of amides is 2. The van der Waals surface area contributed by atoms with Crippen molar-refractivity contribution in [2.45, 2.75) is 77.7 Å². The highest BCUT2D eigenvalue weighted by atomic mass is 16.6. The van der Waals surface area contributed by atoms with E-state index in [9.17, 15) is 14.7 Å². The van der Waals surface area contributed by atoms with Gasteiger partial charge < -0.3 is 14.6 Å². The lowest BCUT2D eigenvalue weighted by atomic mass is 10.0. The first-order chi connectivity index (χ1) is 11.3. The van der Waals surface area contributed by atoms with E-state index < -0.39 is 29.5 Å². The molecule has 0 fully saturated rings. The van der Waals surface area contributed by atoms with Crippen LogP contribution in [0.15, 0.2) is 17.1 Å². The Morgan fingerprint density at radius 3 is 1.80 bits per heavy atom. The van der Waals surface area contributed by atoms with Gasteiger partial charge in [0.15, 0.2) is 0 Å². The third kappa shape index (κ3) is 9.71. The number of hydrogen-bond acceptors (Lipinski definition) is 6. The van der Waals surface area contributed by atoms with Gasteiger partial charge in [-0.2, -0.15) is 0 Å². The molecule has 0 aromatic heterocycles. The molecule has 1 rings (SSSR count). The molecule has 0 saturated carbocycles. The normalized spacial score (nSPS) is 20.4. The van der Waals surface area contributed by atoms with Crippen LogP contribution in [0.2, 0.25) is 0 Å². The van der Waals surface area contributed by atoms with Crippen LogP contribution in [0.5, 0.6) is 0 Å². The van der Waals surface area contributed by atoms with Gasteiger partial charge in [0, 0.05) is 0 Å². The van der Waals surface area contributed by atoms with E-state index in [0.29, 0.717) is 12.8 Å². The first kappa shape index (κ1) is 21.0. The van der Waals surface area contributed by atoms with E-state index in [4.69, 9.17) is 9.47 Å². The van der Waals surface area contributed by atoms with Gasteiger partial charge in [0.1, 0.15) is 11.2 Å². The molecule has 2 atom stereocenters. The third-order valence-corrected chi connectivity index (χ3v) is 2.85. The van der Waals surface area contributed by atoms with Crippen molar-refractivity contribution in [2.24, 2.45) is 4.99 Å². The van der Waals surface area contributed by atoms with Gasteiger partial charge in [-0.15, -0.1) is 0 Å². The number of carbonyl (C=O) groups is 2. The molecule has 3 N–H and O–H groups in total. The zero-order valence-electron chi connectivity index (χ0n) is 15.8. The predicted octanol–water partition coefficient (Wildman–Crippen LogP) is 2.47. The van der Waals surface area contributed by atoms with Crippen molar-refractivity contribution in [1.82, 2.24) is 10.6 Å². The summed E-state index contributed by atoms with van der Waals surface area (Å²) in [6, 6.07) is -0.275. The van der Waals surface area contributed by atoms with Gasteiger partial charge in [0.25, 0.3) is 0 Å². The molecular weight excluding hydrogens is 326 g/mol. The smallest absolute Gasteiger partial charge is 0.414 e. The van der Waals surface area contributed by atoms with E-state index in [1.165, 1.54) is 0 Å². The molecule has 0 aromatic rings. The molecule has 0 bridgehead atoms. The molecule has 0 heterocycles. The number of rotatable bonds is 1. The Morgan fingerprint density at radius 2 is 1.44 bits per heavy atom. The van der Waals surface area contributed by atoms with Gasteiger partial charge in [-0.25, -0.2) is 14.6 Å². The van der Waals surface area contributed by atoms with Crippen molar-refractivity contribution >= 4 is 18.1 Å². The molecule has 2 amide bonds. The molecule has 0 aromatic carbocycles. The summed E-state index contributed by atoms with van der Waals surface area (Å²) in [7, 11) is 0. The van der Waals surface area contributed by atoms with Crippen LogP contribution in [-0.4, -0.2) is 46.6 Å². The lowest BCUT2D eigenvalue weighted by Gasteiger charge is -2.23. The highest BCUT2D eigenvalue weighted by Gasteiger charge is 2.22. The topological polar surface area (TPSA) is 109 Å². The van der Waals surface area contributed by atoms with E-state index in [1.54, 1.807) is 53.7 Å². The van der Waals surface area contributed by atoms with Crippen LogP contribution in [0.3, 0.4) is 0 Å². The van der Waals surface area contributed by atoms with Crippen LogP contribution >= 0.6 is 0 Å². The Labute approximate surface area is 148 Å². The van der Waals surface area contributed by atoms with Gasteiger partial charge in [-0.3, -0.25) is 10.6 Å². The minimum absolute atomic E-state index is 0.0606. The average Bonchev–Trinajstić information content (AvgIpc) is 2.36. The summed E-state index contributed by atoms with van der Waals surface area (Å²) < 4.78 is 10.4. The highest BCUT2D eigenvalue weighted by Crippen LogP contribution is 2.14. The zero-order valence-corrected chi connectivity index (χ0v) is 15.8. The van der Waals surface area contributed by atoms with Crippen molar-refractivity contribution in [3.63, 3.8) is 0 Å². The summed E-state index contributed by atoms with van der Waals surface area (Å²) in [6.45, 7) is 10.4.